The number of hydrogen-bond donors (Lipinski definition) is 1. The van der Waals surface area contributed by atoms with Gasteiger partial charge in [-0.05, 0) is 50.9 Å². The average molecular weight is 272 g/mol. The second kappa shape index (κ2) is 5.44. The van der Waals surface area contributed by atoms with Crippen LogP contribution < -0.4 is 5.73 Å². The molecule has 0 unspecified atom stereocenters. The Kier molecular flexibility index (Phi) is 3.66. The highest BCUT2D eigenvalue weighted by molar-refractivity contribution is 5.79. The first-order valence-electron chi connectivity index (χ1n) is 7.65. The van der Waals surface area contributed by atoms with E-state index in [9.17, 15) is 0 Å². The van der Waals surface area contributed by atoms with Crippen LogP contribution in [0.5, 0.6) is 0 Å². The van der Waals surface area contributed by atoms with E-state index in [-0.39, 0.29) is 0 Å². The lowest BCUT2D eigenvalue weighted by Crippen LogP contribution is -2.35. The van der Waals surface area contributed by atoms with Gasteiger partial charge in [-0.15, -0.1) is 0 Å². The Hall–Kier alpha value is -1.55. The third kappa shape index (κ3) is 2.40. The molecule has 0 amide bonds. The Balaban J connectivity index is 1.86. The van der Waals surface area contributed by atoms with Crippen LogP contribution in [0.1, 0.15) is 38.1 Å². The monoisotopic (exact) mass is 272 g/mol. The van der Waals surface area contributed by atoms with Crippen LogP contribution in [0.25, 0.3) is 11.0 Å². The van der Waals surface area contributed by atoms with Gasteiger partial charge in [0.05, 0.1) is 11.0 Å². The fourth-order valence-corrected chi connectivity index (χ4v) is 3.41. The van der Waals surface area contributed by atoms with E-state index in [1.165, 1.54) is 44.4 Å². The molecule has 0 spiro atoms. The molecule has 108 valence electrons. The molecule has 1 fully saturated rings. The molecule has 4 nitrogen and oxygen atoms in total. The highest BCUT2D eigenvalue weighted by atomic mass is 15.2. The van der Waals surface area contributed by atoms with Gasteiger partial charge in [-0.3, -0.25) is 0 Å². The number of fused-ring (bicyclic) bond motifs is 1. The Morgan fingerprint density at radius 2 is 2.05 bits per heavy atom. The lowest BCUT2D eigenvalue weighted by Gasteiger charge is -2.33. The second-order valence-electron chi connectivity index (χ2n) is 5.85. The predicted octanol–water partition coefficient (Wildman–Crippen LogP) is 2.97. The van der Waals surface area contributed by atoms with Crippen LogP contribution in [0.15, 0.2) is 18.2 Å². The number of anilines is 1. The minimum atomic E-state index is 0.580. The molecule has 1 aromatic heterocycles. The molecule has 1 aliphatic heterocycles. The molecule has 1 aliphatic rings. The maximum absolute atomic E-state index is 5.86. The van der Waals surface area contributed by atoms with Gasteiger partial charge >= 0.3 is 0 Å². The summed E-state index contributed by atoms with van der Waals surface area (Å²) in [5.74, 6) is 1.11. The zero-order valence-electron chi connectivity index (χ0n) is 12.5. The van der Waals surface area contributed by atoms with Crippen molar-refractivity contribution < 1.29 is 0 Å². The fourth-order valence-electron chi connectivity index (χ4n) is 3.41. The first-order valence-corrected chi connectivity index (χ1v) is 7.65. The molecule has 3 rings (SSSR count). The lowest BCUT2D eigenvalue weighted by molar-refractivity contribution is 0.187. The summed E-state index contributed by atoms with van der Waals surface area (Å²) >= 11 is 0. The molecule has 0 saturated carbocycles. The first kappa shape index (κ1) is 13.4. The van der Waals surface area contributed by atoms with E-state index < -0.39 is 0 Å². The largest absolute Gasteiger partial charge is 0.399 e. The van der Waals surface area contributed by atoms with Crippen LogP contribution in [-0.2, 0) is 0 Å². The molecule has 20 heavy (non-hydrogen) atoms. The van der Waals surface area contributed by atoms with E-state index in [0.717, 1.165) is 17.0 Å². The quantitative estimate of drug-likeness (QED) is 0.874. The summed E-state index contributed by atoms with van der Waals surface area (Å²) < 4.78 is 2.41. The number of nitrogens with zero attached hydrogens (tertiary/aromatic N) is 3. The van der Waals surface area contributed by atoms with Crippen LogP contribution in [0.3, 0.4) is 0 Å². The second-order valence-corrected chi connectivity index (χ2v) is 5.85. The third-order valence-electron chi connectivity index (χ3n) is 4.35. The van der Waals surface area contributed by atoms with Gasteiger partial charge < -0.3 is 15.2 Å². The van der Waals surface area contributed by atoms with Crippen molar-refractivity contribution in [1.29, 1.82) is 0 Å². The number of benzene rings is 1. The van der Waals surface area contributed by atoms with Crippen LogP contribution in [-0.4, -0.2) is 34.1 Å². The van der Waals surface area contributed by atoms with Crippen molar-refractivity contribution in [2.24, 2.45) is 0 Å². The molecular formula is C16H24N4. The van der Waals surface area contributed by atoms with Crippen molar-refractivity contribution >= 4 is 16.7 Å². The summed E-state index contributed by atoms with van der Waals surface area (Å²) in [5.41, 5.74) is 8.90. The smallest absolute Gasteiger partial charge is 0.106 e. The zero-order chi connectivity index (χ0) is 14.1. The van der Waals surface area contributed by atoms with Crippen molar-refractivity contribution in [3.8, 4) is 0 Å². The van der Waals surface area contributed by atoms with Crippen molar-refractivity contribution in [3.63, 3.8) is 0 Å². The van der Waals surface area contributed by atoms with Crippen LogP contribution >= 0.6 is 0 Å². The van der Waals surface area contributed by atoms with Gasteiger partial charge in [-0.25, -0.2) is 4.98 Å². The van der Waals surface area contributed by atoms with Crippen molar-refractivity contribution in [2.75, 3.05) is 25.4 Å². The number of imidazole rings is 1. The van der Waals surface area contributed by atoms with Gasteiger partial charge in [0.2, 0.25) is 0 Å². The van der Waals surface area contributed by atoms with Gasteiger partial charge in [0, 0.05) is 24.8 Å². The minimum Gasteiger partial charge on any atom is -0.399 e. The Bertz CT molecular complexity index is 594. The molecule has 1 aromatic carbocycles. The minimum absolute atomic E-state index is 0.580. The van der Waals surface area contributed by atoms with Gasteiger partial charge in [0.15, 0.2) is 0 Å². The number of hydrogen-bond acceptors (Lipinski definition) is 3. The van der Waals surface area contributed by atoms with Crippen LogP contribution in [0.4, 0.5) is 5.69 Å². The first-order chi connectivity index (χ1) is 9.69. The highest BCUT2D eigenvalue weighted by Crippen LogP contribution is 2.29. The molecule has 2 N–H and O–H groups in total. The molecular weight excluding hydrogens is 248 g/mol. The summed E-state index contributed by atoms with van der Waals surface area (Å²) in [5, 5.41) is 0. The summed E-state index contributed by atoms with van der Waals surface area (Å²) in [6, 6.07) is 6.65. The van der Waals surface area contributed by atoms with Crippen LogP contribution in [0.2, 0.25) is 0 Å². The Morgan fingerprint density at radius 1 is 1.30 bits per heavy atom. The molecule has 2 heterocycles. The number of aryl methyl sites for hydroxylation is 1. The van der Waals surface area contributed by atoms with Gasteiger partial charge in [0.25, 0.3) is 0 Å². The lowest BCUT2D eigenvalue weighted by atomic mass is 10.0. The number of aromatic nitrogens is 2. The normalized spacial score (nSPS) is 17.9. The van der Waals surface area contributed by atoms with E-state index in [1.54, 1.807) is 0 Å². The maximum atomic E-state index is 5.86. The summed E-state index contributed by atoms with van der Waals surface area (Å²) in [4.78, 5) is 7.25. The molecule has 0 bridgehead atoms. The summed E-state index contributed by atoms with van der Waals surface area (Å²) in [7, 11) is 0. The van der Waals surface area contributed by atoms with E-state index >= 15 is 0 Å². The van der Waals surface area contributed by atoms with E-state index in [1.807, 2.05) is 12.1 Å². The molecule has 0 aliphatic carbocycles. The van der Waals surface area contributed by atoms with Crippen molar-refractivity contribution in [3.05, 3.63) is 24.0 Å². The number of nitrogens with two attached hydrogens (primary N) is 1. The van der Waals surface area contributed by atoms with E-state index in [0.29, 0.717) is 6.04 Å². The van der Waals surface area contributed by atoms with Crippen molar-refractivity contribution in [1.82, 2.24) is 14.5 Å². The van der Waals surface area contributed by atoms with Gasteiger partial charge in [-0.1, -0.05) is 6.92 Å². The Labute approximate surface area is 120 Å². The SMILES string of the molecule is CCCN1CCC(n2c(C)nc3cc(N)ccc32)CC1. The zero-order valence-corrected chi connectivity index (χ0v) is 12.5. The van der Waals surface area contributed by atoms with E-state index in [2.05, 4.69) is 34.4 Å². The number of piperidine rings is 1. The Morgan fingerprint density at radius 3 is 2.75 bits per heavy atom. The van der Waals surface area contributed by atoms with Gasteiger partial charge in [-0.2, -0.15) is 0 Å². The predicted molar refractivity (Wildman–Crippen MR) is 83.9 cm³/mol. The fraction of sp³-hybridized carbons (Fsp3) is 0.562. The molecule has 0 atom stereocenters. The van der Waals surface area contributed by atoms with Gasteiger partial charge in [0.1, 0.15) is 5.82 Å². The average Bonchev–Trinajstić information content (AvgIpc) is 2.75. The van der Waals surface area contributed by atoms with Crippen molar-refractivity contribution in [2.45, 2.75) is 39.2 Å². The molecule has 1 saturated heterocycles. The molecule has 2 aromatic rings. The number of nitrogen functional groups attached to an aromatic ring is 1. The van der Waals surface area contributed by atoms with Crippen LogP contribution in [0, 0.1) is 6.92 Å². The molecule has 0 radical (unpaired) electrons. The summed E-state index contributed by atoms with van der Waals surface area (Å²) in [6.07, 6.45) is 3.68. The number of rotatable bonds is 3. The standard InChI is InChI=1S/C16H24N4/c1-3-8-19-9-6-14(7-10-19)20-12(2)18-15-11-13(17)4-5-16(15)20/h4-5,11,14H,3,6-10,17H2,1-2H3. The van der Waals surface area contributed by atoms with E-state index in [4.69, 9.17) is 5.73 Å². The summed E-state index contributed by atoms with van der Waals surface area (Å²) in [6.45, 7) is 7.99. The number of likely N-dealkylation sites (tertiary alicyclic amines) is 1. The topological polar surface area (TPSA) is 47.1 Å². The highest BCUT2D eigenvalue weighted by Gasteiger charge is 2.22. The third-order valence-corrected chi connectivity index (χ3v) is 4.35. The maximum Gasteiger partial charge on any atom is 0.106 e. The molecule has 4 heteroatoms.